The molecule has 2 fully saturated rings. The Morgan fingerprint density at radius 3 is 2.78 bits per heavy atom. The van der Waals surface area contributed by atoms with Gasteiger partial charge < -0.3 is 16.0 Å². The van der Waals surface area contributed by atoms with Gasteiger partial charge in [0.25, 0.3) is 5.91 Å². The first-order valence-corrected chi connectivity index (χ1v) is 11.5. The van der Waals surface area contributed by atoms with Gasteiger partial charge in [-0.05, 0) is 48.2 Å². The van der Waals surface area contributed by atoms with Crippen molar-refractivity contribution in [1.29, 1.82) is 0 Å². The highest BCUT2D eigenvalue weighted by atomic mass is 19.1. The summed E-state index contributed by atoms with van der Waals surface area (Å²) in [5, 5.41) is 15.8. The summed E-state index contributed by atoms with van der Waals surface area (Å²) in [6.45, 7) is 0.317. The molecule has 0 atom stereocenters. The molecule has 3 aromatic heterocycles. The van der Waals surface area contributed by atoms with Crippen LogP contribution in [0.5, 0.6) is 0 Å². The molecule has 4 heterocycles. The maximum atomic E-state index is 14.1. The number of carbonyl (C=O) groups excluding carboxylic acids is 2. The fourth-order valence-electron chi connectivity index (χ4n) is 4.05. The van der Waals surface area contributed by atoms with Crippen molar-refractivity contribution in [3.05, 3.63) is 77.6 Å². The number of carbonyl (C=O) groups is 2. The van der Waals surface area contributed by atoms with Gasteiger partial charge in [-0.25, -0.2) is 14.2 Å². The number of amides is 3. The number of urea groups is 1. The number of nitrogens with zero attached hydrogens (tertiary/aromatic N) is 4. The van der Waals surface area contributed by atoms with Gasteiger partial charge >= 0.3 is 6.03 Å². The van der Waals surface area contributed by atoms with E-state index in [2.05, 4.69) is 31.3 Å². The molecule has 4 aromatic rings. The maximum absolute atomic E-state index is 14.1. The second-order valence-electron chi connectivity index (χ2n) is 8.64. The molecule has 0 radical (unpaired) electrons. The maximum Gasteiger partial charge on any atom is 0.326 e. The minimum absolute atomic E-state index is 0.118. The molecular formula is C25H21FN8O2. The first kappa shape index (κ1) is 21.7. The molecule has 1 aliphatic carbocycles. The third kappa shape index (κ3) is 4.33. The van der Waals surface area contributed by atoms with Gasteiger partial charge in [0.05, 0.1) is 6.20 Å². The lowest BCUT2D eigenvalue weighted by Gasteiger charge is -2.14. The Bertz CT molecular complexity index is 1530. The van der Waals surface area contributed by atoms with Gasteiger partial charge in [-0.15, -0.1) is 0 Å². The molecule has 11 heteroatoms. The summed E-state index contributed by atoms with van der Waals surface area (Å²) in [5.74, 6) is 0.438. The van der Waals surface area contributed by atoms with Crippen LogP contribution in [0.3, 0.4) is 0 Å². The summed E-state index contributed by atoms with van der Waals surface area (Å²) in [6.07, 6.45) is 8.68. The van der Waals surface area contributed by atoms with E-state index in [9.17, 15) is 14.0 Å². The molecule has 10 nitrogen and oxygen atoms in total. The van der Waals surface area contributed by atoms with E-state index in [0.717, 1.165) is 35.3 Å². The number of aromatic nitrogens is 4. The van der Waals surface area contributed by atoms with Crippen LogP contribution in [0, 0.1) is 5.82 Å². The molecule has 0 spiro atoms. The van der Waals surface area contributed by atoms with Crippen molar-refractivity contribution in [3.63, 3.8) is 0 Å². The summed E-state index contributed by atoms with van der Waals surface area (Å²) >= 11 is 0. The zero-order valence-electron chi connectivity index (χ0n) is 19.0. The average molecular weight is 484 g/mol. The number of nitrogens with one attached hydrogen (secondary N) is 4. The second kappa shape index (κ2) is 8.77. The number of anilines is 2. The molecule has 0 bridgehead atoms. The van der Waals surface area contributed by atoms with Crippen LogP contribution in [0.2, 0.25) is 0 Å². The van der Waals surface area contributed by atoms with Crippen LogP contribution in [-0.4, -0.2) is 37.6 Å². The van der Waals surface area contributed by atoms with Crippen LogP contribution in [0.1, 0.15) is 24.0 Å². The lowest BCUT2D eigenvalue weighted by Crippen LogP contribution is -2.22. The number of rotatable bonds is 7. The normalized spacial score (nSPS) is 16.3. The van der Waals surface area contributed by atoms with Gasteiger partial charge in [-0.1, -0.05) is 12.1 Å². The first-order chi connectivity index (χ1) is 17.5. The molecule has 0 unspecified atom stereocenters. The SMILES string of the molecule is O=C1NC(=O)/C(=C/c2cnn3c(NC4CC4)cc(NCc4cc(F)ccc4-c4cccnc4)nc23)N1. The van der Waals surface area contributed by atoms with Gasteiger partial charge in [0.1, 0.15) is 23.1 Å². The predicted molar refractivity (Wildman–Crippen MR) is 131 cm³/mol. The van der Waals surface area contributed by atoms with E-state index in [1.54, 1.807) is 29.2 Å². The molecule has 1 saturated carbocycles. The molecule has 180 valence electrons. The Labute approximate surface area is 204 Å². The molecular weight excluding hydrogens is 463 g/mol. The van der Waals surface area contributed by atoms with Crippen LogP contribution in [0.15, 0.2) is 60.7 Å². The van der Waals surface area contributed by atoms with Crippen LogP contribution >= 0.6 is 0 Å². The van der Waals surface area contributed by atoms with Crippen molar-refractivity contribution in [2.75, 3.05) is 10.6 Å². The fourth-order valence-corrected chi connectivity index (χ4v) is 4.05. The van der Waals surface area contributed by atoms with E-state index >= 15 is 0 Å². The molecule has 1 aliphatic heterocycles. The molecule has 4 N–H and O–H groups in total. The van der Waals surface area contributed by atoms with Crippen molar-refractivity contribution >= 4 is 35.3 Å². The molecule has 1 saturated heterocycles. The van der Waals surface area contributed by atoms with Crippen molar-refractivity contribution in [2.24, 2.45) is 0 Å². The largest absolute Gasteiger partial charge is 0.367 e. The third-order valence-electron chi connectivity index (χ3n) is 5.95. The molecule has 36 heavy (non-hydrogen) atoms. The van der Waals surface area contributed by atoms with Crippen molar-refractivity contribution in [2.45, 2.75) is 25.4 Å². The molecule has 3 amide bonds. The minimum atomic E-state index is -0.575. The highest BCUT2D eigenvalue weighted by molar-refractivity contribution is 6.14. The fraction of sp³-hybridized carbons (Fsp3) is 0.160. The predicted octanol–water partition coefficient (Wildman–Crippen LogP) is 3.30. The van der Waals surface area contributed by atoms with Gasteiger partial charge in [-0.3, -0.25) is 15.1 Å². The Kier molecular flexibility index (Phi) is 5.29. The van der Waals surface area contributed by atoms with Gasteiger partial charge in [-0.2, -0.15) is 9.61 Å². The zero-order chi connectivity index (χ0) is 24.6. The van der Waals surface area contributed by atoms with Gasteiger partial charge in [0, 0.05) is 42.2 Å². The number of pyridine rings is 1. The van der Waals surface area contributed by atoms with E-state index in [0.29, 0.717) is 29.6 Å². The summed E-state index contributed by atoms with van der Waals surface area (Å²) in [7, 11) is 0. The Hall–Kier alpha value is -4.80. The van der Waals surface area contributed by atoms with Crippen LogP contribution in [0.4, 0.5) is 20.8 Å². The van der Waals surface area contributed by atoms with Crippen molar-refractivity contribution < 1.29 is 14.0 Å². The Morgan fingerprint density at radius 2 is 2.03 bits per heavy atom. The number of imide groups is 1. The van der Waals surface area contributed by atoms with Crippen LogP contribution in [-0.2, 0) is 11.3 Å². The van der Waals surface area contributed by atoms with E-state index < -0.39 is 11.9 Å². The molecule has 6 rings (SSSR count). The lowest BCUT2D eigenvalue weighted by molar-refractivity contribution is -0.115. The van der Waals surface area contributed by atoms with Crippen LogP contribution < -0.4 is 21.3 Å². The quantitative estimate of drug-likeness (QED) is 0.234. The monoisotopic (exact) mass is 484 g/mol. The molecule has 1 aromatic carbocycles. The number of fused-ring (bicyclic) bond motifs is 1. The summed E-state index contributed by atoms with van der Waals surface area (Å²) in [4.78, 5) is 32.4. The minimum Gasteiger partial charge on any atom is -0.367 e. The van der Waals surface area contributed by atoms with E-state index in [-0.39, 0.29) is 11.5 Å². The topological polar surface area (TPSA) is 125 Å². The smallest absolute Gasteiger partial charge is 0.326 e. The van der Waals surface area contributed by atoms with Crippen molar-refractivity contribution in [3.8, 4) is 11.1 Å². The summed E-state index contributed by atoms with van der Waals surface area (Å²) in [6, 6.07) is 10.1. The standard InChI is InChI=1S/C25H21FN8O2/c26-17-3-6-19(14-2-1-7-27-11-14)15(8-17)12-28-21-10-22(30-18-4-5-18)34-23(32-21)16(13-29-34)9-20-24(35)33-25(36)31-20/h1-3,6-11,13,18,30H,4-5,12H2,(H,28,32)(H2,31,33,35,36)/b20-9-. The van der Waals surface area contributed by atoms with Crippen LogP contribution in [0.25, 0.3) is 22.9 Å². The lowest BCUT2D eigenvalue weighted by atomic mass is 10.0. The highest BCUT2D eigenvalue weighted by Gasteiger charge is 2.25. The Morgan fingerprint density at radius 1 is 1.14 bits per heavy atom. The third-order valence-corrected chi connectivity index (χ3v) is 5.95. The zero-order valence-corrected chi connectivity index (χ0v) is 19.0. The Balaban J connectivity index is 1.35. The highest BCUT2D eigenvalue weighted by Crippen LogP contribution is 2.29. The first-order valence-electron chi connectivity index (χ1n) is 11.5. The average Bonchev–Trinajstić information content (AvgIpc) is 3.51. The second-order valence-corrected chi connectivity index (χ2v) is 8.64. The van der Waals surface area contributed by atoms with E-state index in [4.69, 9.17) is 4.98 Å². The van der Waals surface area contributed by atoms with Crippen molar-refractivity contribution in [1.82, 2.24) is 30.2 Å². The number of benzene rings is 1. The summed E-state index contributed by atoms with van der Waals surface area (Å²) in [5.41, 5.74) is 3.68. The van der Waals surface area contributed by atoms with Gasteiger partial charge in [0.2, 0.25) is 0 Å². The number of hydrogen-bond donors (Lipinski definition) is 4. The molecule has 2 aliphatic rings. The van der Waals surface area contributed by atoms with Gasteiger partial charge in [0.15, 0.2) is 5.65 Å². The van der Waals surface area contributed by atoms with E-state index in [1.165, 1.54) is 18.2 Å². The summed E-state index contributed by atoms with van der Waals surface area (Å²) < 4.78 is 15.8. The number of hydrogen-bond acceptors (Lipinski definition) is 7. The number of halogens is 1. The van der Waals surface area contributed by atoms with E-state index in [1.807, 2.05) is 18.2 Å².